The topological polar surface area (TPSA) is 24.9 Å². The molecule has 0 bridgehead atoms. The molecule has 2 aromatic carbocycles. The number of aryl methyl sites for hydroxylation is 1. The van der Waals surface area contributed by atoms with Crippen molar-refractivity contribution < 1.29 is 8.78 Å². The van der Waals surface area contributed by atoms with Crippen LogP contribution in [0.1, 0.15) is 11.1 Å². The van der Waals surface area contributed by atoms with Crippen LogP contribution in [-0.2, 0) is 6.54 Å². The third-order valence-corrected chi connectivity index (χ3v) is 3.44. The number of fused-ring (bicyclic) bond motifs is 1. The summed E-state index contributed by atoms with van der Waals surface area (Å²) < 4.78 is 27.2. The lowest BCUT2D eigenvalue weighted by Crippen LogP contribution is -2.02. The molecule has 0 atom stereocenters. The van der Waals surface area contributed by atoms with Crippen LogP contribution in [0.5, 0.6) is 0 Å². The highest BCUT2D eigenvalue weighted by Crippen LogP contribution is 2.20. The molecule has 106 valence electrons. The number of hydrogen-bond acceptors (Lipinski definition) is 2. The van der Waals surface area contributed by atoms with Crippen LogP contribution in [0.3, 0.4) is 0 Å². The van der Waals surface area contributed by atoms with E-state index in [0.717, 1.165) is 16.3 Å². The molecule has 3 rings (SSSR count). The van der Waals surface area contributed by atoms with Gasteiger partial charge in [-0.15, -0.1) is 0 Å². The maximum absolute atomic E-state index is 13.7. The molecule has 0 fully saturated rings. The van der Waals surface area contributed by atoms with Crippen LogP contribution in [0.2, 0.25) is 0 Å². The van der Waals surface area contributed by atoms with Crippen LogP contribution < -0.4 is 5.32 Å². The minimum Gasteiger partial charge on any atom is -0.379 e. The summed E-state index contributed by atoms with van der Waals surface area (Å²) in [5.74, 6) is -0.859. The standard InChI is InChI=1S/C17H14F2N2/c1-11-6-16(19)17(8-15(11)18)21-9-12-2-3-14-10-20-5-4-13(14)7-12/h2-8,10,21H,9H2,1H3. The van der Waals surface area contributed by atoms with E-state index in [9.17, 15) is 8.78 Å². The van der Waals surface area contributed by atoms with Crippen molar-refractivity contribution in [2.75, 3.05) is 5.32 Å². The molecule has 4 heteroatoms. The summed E-state index contributed by atoms with van der Waals surface area (Å²) in [6.07, 6.45) is 3.52. The lowest BCUT2D eigenvalue weighted by Gasteiger charge is -2.10. The third kappa shape index (κ3) is 2.84. The van der Waals surface area contributed by atoms with Gasteiger partial charge in [-0.3, -0.25) is 4.98 Å². The molecular formula is C17H14F2N2. The Labute approximate surface area is 121 Å². The first-order chi connectivity index (χ1) is 10.1. The largest absolute Gasteiger partial charge is 0.379 e. The first-order valence-electron chi connectivity index (χ1n) is 6.65. The molecular weight excluding hydrogens is 270 g/mol. The van der Waals surface area contributed by atoms with Crippen LogP contribution in [0, 0.1) is 18.6 Å². The normalized spacial score (nSPS) is 10.8. The number of aromatic nitrogens is 1. The highest BCUT2D eigenvalue weighted by molar-refractivity contribution is 5.82. The zero-order valence-corrected chi connectivity index (χ0v) is 11.5. The first kappa shape index (κ1) is 13.5. The lowest BCUT2D eigenvalue weighted by atomic mass is 10.1. The summed E-state index contributed by atoms with van der Waals surface area (Å²) in [6.45, 7) is 1.97. The fraction of sp³-hybridized carbons (Fsp3) is 0.118. The Hall–Kier alpha value is -2.49. The van der Waals surface area contributed by atoms with E-state index in [0.29, 0.717) is 12.1 Å². The maximum atomic E-state index is 13.7. The van der Waals surface area contributed by atoms with Crippen LogP contribution in [0.25, 0.3) is 10.8 Å². The monoisotopic (exact) mass is 284 g/mol. The van der Waals surface area contributed by atoms with E-state index in [-0.39, 0.29) is 5.69 Å². The molecule has 2 nitrogen and oxygen atoms in total. The Morgan fingerprint density at radius 3 is 2.71 bits per heavy atom. The van der Waals surface area contributed by atoms with Gasteiger partial charge in [0.1, 0.15) is 11.6 Å². The summed E-state index contributed by atoms with van der Waals surface area (Å²) in [5.41, 5.74) is 1.47. The average Bonchev–Trinajstić information content (AvgIpc) is 2.49. The maximum Gasteiger partial charge on any atom is 0.146 e. The van der Waals surface area contributed by atoms with Crippen molar-refractivity contribution in [2.45, 2.75) is 13.5 Å². The van der Waals surface area contributed by atoms with Gasteiger partial charge < -0.3 is 5.32 Å². The van der Waals surface area contributed by atoms with Crippen LogP contribution in [0.4, 0.5) is 14.5 Å². The van der Waals surface area contributed by atoms with Crippen molar-refractivity contribution >= 4 is 16.5 Å². The van der Waals surface area contributed by atoms with Gasteiger partial charge in [-0.25, -0.2) is 8.78 Å². The van der Waals surface area contributed by atoms with Gasteiger partial charge in [0.05, 0.1) is 5.69 Å². The number of pyridine rings is 1. The zero-order chi connectivity index (χ0) is 14.8. The molecule has 0 unspecified atom stereocenters. The minimum atomic E-state index is -0.445. The molecule has 21 heavy (non-hydrogen) atoms. The van der Waals surface area contributed by atoms with Gasteiger partial charge in [0, 0.05) is 30.4 Å². The van der Waals surface area contributed by atoms with Crippen LogP contribution >= 0.6 is 0 Å². The van der Waals surface area contributed by atoms with Crippen molar-refractivity contribution in [3.05, 3.63) is 71.6 Å². The Morgan fingerprint density at radius 1 is 1.00 bits per heavy atom. The predicted octanol–water partition coefficient (Wildman–Crippen LogP) is 4.43. The van der Waals surface area contributed by atoms with Crippen molar-refractivity contribution in [3.63, 3.8) is 0 Å². The van der Waals surface area contributed by atoms with Crippen LogP contribution in [0.15, 0.2) is 48.8 Å². The Morgan fingerprint density at radius 2 is 1.86 bits per heavy atom. The fourth-order valence-corrected chi connectivity index (χ4v) is 2.22. The van der Waals surface area contributed by atoms with Gasteiger partial charge >= 0.3 is 0 Å². The SMILES string of the molecule is Cc1cc(F)c(NCc2ccc3cnccc3c2)cc1F. The summed E-state index contributed by atoms with van der Waals surface area (Å²) >= 11 is 0. The van der Waals surface area contributed by atoms with Gasteiger partial charge in [-0.05, 0) is 41.6 Å². The molecule has 0 aliphatic heterocycles. The number of benzene rings is 2. The van der Waals surface area contributed by atoms with E-state index >= 15 is 0 Å². The summed E-state index contributed by atoms with van der Waals surface area (Å²) in [7, 11) is 0. The minimum absolute atomic E-state index is 0.174. The number of rotatable bonds is 3. The van der Waals surface area contributed by atoms with Gasteiger partial charge in [-0.1, -0.05) is 12.1 Å². The summed E-state index contributed by atoms with van der Waals surface area (Å²) in [5, 5.41) is 5.05. The lowest BCUT2D eigenvalue weighted by molar-refractivity contribution is 0.594. The zero-order valence-electron chi connectivity index (χ0n) is 11.5. The quantitative estimate of drug-likeness (QED) is 0.769. The molecule has 0 saturated carbocycles. The highest BCUT2D eigenvalue weighted by Gasteiger charge is 2.07. The first-order valence-corrected chi connectivity index (χ1v) is 6.65. The van der Waals surface area contributed by atoms with Crippen molar-refractivity contribution in [3.8, 4) is 0 Å². The number of halogens is 2. The van der Waals surface area contributed by atoms with E-state index < -0.39 is 11.6 Å². The number of anilines is 1. The second-order valence-electron chi connectivity index (χ2n) is 4.99. The van der Waals surface area contributed by atoms with Crippen molar-refractivity contribution in [1.29, 1.82) is 0 Å². The Kier molecular flexibility index (Phi) is 3.52. The van der Waals surface area contributed by atoms with Gasteiger partial charge in [0.25, 0.3) is 0 Å². The number of hydrogen-bond donors (Lipinski definition) is 1. The second-order valence-corrected chi connectivity index (χ2v) is 4.99. The van der Waals surface area contributed by atoms with E-state index in [1.807, 2.05) is 24.3 Å². The molecule has 1 aromatic heterocycles. The third-order valence-electron chi connectivity index (χ3n) is 3.44. The van der Waals surface area contributed by atoms with Crippen LogP contribution in [-0.4, -0.2) is 4.98 Å². The van der Waals surface area contributed by atoms with E-state index in [2.05, 4.69) is 10.3 Å². The molecule has 1 N–H and O–H groups in total. The summed E-state index contributed by atoms with van der Waals surface area (Å²) in [6, 6.07) is 10.2. The van der Waals surface area contributed by atoms with Gasteiger partial charge in [0.2, 0.25) is 0 Å². The van der Waals surface area contributed by atoms with Crippen molar-refractivity contribution in [2.24, 2.45) is 0 Å². The Bertz CT molecular complexity index is 800. The molecule has 0 spiro atoms. The number of nitrogens with zero attached hydrogens (tertiary/aromatic N) is 1. The summed E-state index contributed by atoms with van der Waals surface area (Å²) in [4.78, 5) is 4.06. The second kappa shape index (κ2) is 5.48. The van der Waals surface area contributed by atoms with E-state index in [1.165, 1.54) is 12.1 Å². The molecule has 0 amide bonds. The predicted molar refractivity (Wildman–Crippen MR) is 80.2 cm³/mol. The molecule has 0 aliphatic carbocycles. The highest BCUT2D eigenvalue weighted by atomic mass is 19.1. The molecule has 1 heterocycles. The molecule has 0 saturated heterocycles. The number of nitrogens with one attached hydrogen (secondary N) is 1. The fourth-order valence-electron chi connectivity index (χ4n) is 2.22. The van der Waals surface area contributed by atoms with Crippen molar-refractivity contribution in [1.82, 2.24) is 4.98 Å². The smallest absolute Gasteiger partial charge is 0.146 e. The molecule has 0 radical (unpaired) electrons. The average molecular weight is 284 g/mol. The van der Waals surface area contributed by atoms with E-state index in [1.54, 1.807) is 19.3 Å². The Balaban J connectivity index is 1.81. The molecule has 0 aliphatic rings. The van der Waals surface area contributed by atoms with Gasteiger partial charge in [-0.2, -0.15) is 0 Å². The van der Waals surface area contributed by atoms with Gasteiger partial charge in [0.15, 0.2) is 0 Å². The molecule has 3 aromatic rings. The van der Waals surface area contributed by atoms with E-state index in [4.69, 9.17) is 0 Å².